The molecule has 2 N–H and O–H groups in total. The van der Waals surface area contributed by atoms with Crippen LogP contribution in [0.5, 0.6) is 0 Å². The molecule has 0 saturated carbocycles. The highest BCUT2D eigenvalue weighted by Crippen LogP contribution is 2.21. The van der Waals surface area contributed by atoms with E-state index in [1.54, 1.807) is 0 Å². The third-order valence-corrected chi connectivity index (χ3v) is 1.77. The van der Waals surface area contributed by atoms with Gasteiger partial charge in [0.25, 0.3) is 0 Å². The summed E-state index contributed by atoms with van der Waals surface area (Å²) in [6, 6.07) is -0.458. The van der Waals surface area contributed by atoms with Crippen LogP contribution < -0.4 is 5.73 Å². The van der Waals surface area contributed by atoms with Crippen LogP contribution in [0.25, 0.3) is 0 Å². The lowest BCUT2D eigenvalue weighted by Gasteiger charge is -2.02. The molecule has 0 amide bonds. The van der Waals surface area contributed by atoms with Gasteiger partial charge in [0, 0.05) is 0 Å². The average molecular weight is 223 g/mol. The van der Waals surface area contributed by atoms with Crippen molar-refractivity contribution in [3.05, 3.63) is 11.7 Å². The van der Waals surface area contributed by atoms with E-state index >= 15 is 0 Å². The number of hydrogen-bond donors (Lipinski definition) is 1. The molecule has 1 atom stereocenters. The van der Waals surface area contributed by atoms with Crippen LogP contribution in [-0.4, -0.2) is 16.3 Å². The second-order valence-electron chi connectivity index (χ2n) is 3.23. The molecule has 0 spiro atoms. The molecule has 1 rings (SSSR count). The van der Waals surface area contributed by atoms with Crippen molar-refractivity contribution in [3.8, 4) is 0 Å². The topological polar surface area (TPSA) is 64.9 Å². The Bertz CT molecular complexity index is 310. The molecule has 7 heteroatoms. The summed E-state index contributed by atoms with van der Waals surface area (Å²) in [5.41, 5.74) is 5.62. The highest BCUT2D eigenvalue weighted by atomic mass is 19.4. The van der Waals surface area contributed by atoms with Crippen LogP contribution in [0.15, 0.2) is 4.52 Å². The van der Waals surface area contributed by atoms with E-state index in [0.29, 0.717) is 6.42 Å². The van der Waals surface area contributed by atoms with Crippen LogP contribution in [0, 0.1) is 0 Å². The average Bonchev–Trinajstić information content (AvgIpc) is 2.50. The standard InChI is InChI=1S/C8H12F3N3O/c1-2-3-5(12)7-13-6(15-14-7)4-8(9,10)11/h5H,2-4,12H2,1H3. The van der Waals surface area contributed by atoms with Gasteiger partial charge in [0.05, 0.1) is 6.04 Å². The molecule has 1 aromatic heterocycles. The van der Waals surface area contributed by atoms with Gasteiger partial charge in [-0.05, 0) is 6.42 Å². The number of alkyl halides is 3. The highest BCUT2D eigenvalue weighted by molar-refractivity contribution is 4.93. The second-order valence-corrected chi connectivity index (χ2v) is 3.23. The van der Waals surface area contributed by atoms with Gasteiger partial charge >= 0.3 is 6.18 Å². The fraction of sp³-hybridized carbons (Fsp3) is 0.750. The van der Waals surface area contributed by atoms with Crippen LogP contribution in [0.3, 0.4) is 0 Å². The Kier molecular flexibility index (Phi) is 3.67. The molecular formula is C8H12F3N3O. The molecule has 0 fully saturated rings. The van der Waals surface area contributed by atoms with Gasteiger partial charge < -0.3 is 10.3 Å². The van der Waals surface area contributed by atoms with Crippen molar-refractivity contribution >= 4 is 0 Å². The molecule has 0 aliphatic carbocycles. The van der Waals surface area contributed by atoms with E-state index in [4.69, 9.17) is 5.73 Å². The molecule has 86 valence electrons. The van der Waals surface area contributed by atoms with Crippen LogP contribution >= 0.6 is 0 Å². The molecule has 0 aliphatic rings. The molecule has 0 aromatic carbocycles. The minimum absolute atomic E-state index is 0.135. The molecule has 0 saturated heterocycles. The summed E-state index contributed by atoms with van der Waals surface area (Å²) >= 11 is 0. The SMILES string of the molecule is CCCC(N)c1noc(CC(F)(F)F)n1. The fourth-order valence-corrected chi connectivity index (χ4v) is 1.10. The van der Waals surface area contributed by atoms with E-state index in [1.165, 1.54) is 0 Å². The number of nitrogens with zero attached hydrogens (tertiary/aromatic N) is 2. The minimum Gasteiger partial charge on any atom is -0.339 e. The zero-order valence-electron chi connectivity index (χ0n) is 8.21. The monoisotopic (exact) mass is 223 g/mol. The second kappa shape index (κ2) is 4.61. The Hall–Kier alpha value is -1.11. The van der Waals surface area contributed by atoms with E-state index in [2.05, 4.69) is 14.7 Å². The number of hydrogen-bond acceptors (Lipinski definition) is 4. The summed E-state index contributed by atoms with van der Waals surface area (Å²) in [5.74, 6) is -0.305. The van der Waals surface area contributed by atoms with Crippen LogP contribution in [-0.2, 0) is 6.42 Å². The van der Waals surface area contributed by atoms with Gasteiger partial charge in [-0.3, -0.25) is 0 Å². The first kappa shape index (κ1) is 12.0. The van der Waals surface area contributed by atoms with Gasteiger partial charge in [-0.1, -0.05) is 18.5 Å². The summed E-state index contributed by atoms with van der Waals surface area (Å²) in [6.45, 7) is 1.91. The molecule has 0 radical (unpaired) electrons. The number of halogens is 3. The lowest BCUT2D eigenvalue weighted by molar-refractivity contribution is -0.131. The van der Waals surface area contributed by atoms with Crippen molar-refractivity contribution in [1.82, 2.24) is 10.1 Å². The molecule has 0 aliphatic heterocycles. The highest BCUT2D eigenvalue weighted by Gasteiger charge is 2.31. The first-order chi connectivity index (χ1) is 6.92. The largest absolute Gasteiger partial charge is 0.397 e. The lowest BCUT2D eigenvalue weighted by atomic mass is 10.2. The Morgan fingerprint density at radius 3 is 2.67 bits per heavy atom. The van der Waals surface area contributed by atoms with Gasteiger partial charge in [0.15, 0.2) is 5.82 Å². The van der Waals surface area contributed by atoms with Crippen molar-refractivity contribution < 1.29 is 17.7 Å². The molecule has 1 heterocycles. The minimum atomic E-state index is -4.33. The quantitative estimate of drug-likeness (QED) is 0.847. The summed E-state index contributed by atoms with van der Waals surface area (Å²) < 4.78 is 40.3. The van der Waals surface area contributed by atoms with Crippen LogP contribution in [0.2, 0.25) is 0 Å². The summed E-state index contributed by atoms with van der Waals surface area (Å²) in [7, 11) is 0. The normalized spacial score (nSPS) is 14.2. The summed E-state index contributed by atoms with van der Waals surface area (Å²) in [6.07, 6.45) is -4.12. The first-order valence-electron chi connectivity index (χ1n) is 4.57. The van der Waals surface area contributed by atoms with Gasteiger partial charge in [-0.25, -0.2) is 0 Å². The number of nitrogens with two attached hydrogens (primary N) is 1. The Morgan fingerprint density at radius 1 is 1.47 bits per heavy atom. The number of rotatable bonds is 4. The third-order valence-electron chi connectivity index (χ3n) is 1.77. The molecule has 15 heavy (non-hydrogen) atoms. The van der Waals surface area contributed by atoms with Crippen molar-refractivity contribution in [1.29, 1.82) is 0 Å². The van der Waals surface area contributed by atoms with Gasteiger partial charge in [0.1, 0.15) is 6.42 Å². The lowest BCUT2D eigenvalue weighted by Crippen LogP contribution is -2.13. The van der Waals surface area contributed by atoms with Crippen molar-refractivity contribution in [2.24, 2.45) is 5.73 Å². The number of aromatic nitrogens is 2. The Morgan fingerprint density at radius 2 is 2.13 bits per heavy atom. The van der Waals surface area contributed by atoms with Crippen LogP contribution in [0.1, 0.15) is 37.5 Å². The fourth-order valence-electron chi connectivity index (χ4n) is 1.10. The Labute approximate surface area is 84.6 Å². The predicted molar refractivity (Wildman–Crippen MR) is 45.9 cm³/mol. The van der Waals surface area contributed by atoms with Gasteiger partial charge in [-0.15, -0.1) is 0 Å². The van der Waals surface area contributed by atoms with E-state index in [0.717, 1.165) is 6.42 Å². The maximum absolute atomic E-state index is 11.9. The van der Waals surface area contributed by atoms with Crippen LogP contribution in [0.4, 0.5) is 13.2 Å². The maximum atomic E-state index is 11.9. The molecule has 1 unspecified atom stereocenters. The zero-order chi connectivity index (χ0) is 11.5. The molecular weight excluding hydrogens is 211 g/mol. The smallest absolute Gasteiger partial charge is 0.339 e. The van der Waals surface area contributed by atoms with Crippen molar-refractivity contribution in [2.75, 3.05) is 0 Å². The summed E-state index contributed by atoms with van der Waals surface area (Å²) in [5, 5.41) is 3.41. The summed E-state index contributed by atoms with van der Waals surface area (Å²) in [4.78, 5) is 3.59. The van der Waals surface area contributed by atoms with Crippen molar-refractivity contribution in [3.63, 3.8) is 0 Å². The predicted octanol–water partition coefficient (Wildman–Crippen LogP) is 1.97. The van der Waals surface area contributed by atoms with Gasteiger partial charge in [-0.2, -0.15) is 18.2 Å². The molecule has 0 bridgehead atoms. The van der Waals surface area contributed by atoms with E-state index < -0.39 is 24.5 Å². The maximum Gasteiger partial charge on any atom is 0.397 e. The van der Waals surface area contributed by atoms with Gasteiger partial charge in [0.2, 0.25) is 5.89 Å². The van der Waals surface area contributed by atoms with E-state index in [9.17, 15) is 13.2 Å². The third kappa shape index (κ3) is 3.86. The molecule has 4 nitrogen and oxygen atoms in total. The Balaban J connectivity index is 2.64. The molecule has 1 aromatic rings. The van der Waals surface area contributed by atoms with Crippen molar-refractivity contribution in [2.45, 2.75) is 38.4 Å². The van der Waals surface area contributed by atoms with E-state index in [-0.39, 0.29) is 5.82 Å². The zero-order valence-corrected chi connectivity index (χ0v) is 8.21. The van der Waals surface area contributed by atoms with E-state index in [1.807, 2.05) is 6.92 Å². The first-order valence-corrected chi connectivity index (χ1v) is 4.57.